The molecule has 1 aromatic heterocycles. The number of nitrogens with one attached hydrogen (secondary N) is 1. The molecule has 5 heteroatoms. The van der Waals surface area contributed by atoms with Crippen LogP contribution in [0, 0.1) is 5.82 Å². The van der Waals surface area contributed by atoms with E-state index >= 15 is 0 Å². The maximum absolute atomic E-state index is 13.6. The van der Waals surface area contributed by atoms with Crippen LogP contribution < -0.4 is 10.1 Å². The zero-order chi connectivity index (χ0) is 14.8. The van der Waals surface area contributed by atoms with Gasteiger partial charge in [-0.25, -0.2) is 4.98 Å². The van der Waals surface area contributed by atoms with Gasteiger partial charge in [-0.2, -0.15) is 9.37 Å². The lowest BCUT2D eigenvalue weighted by atomic mass is 9.87. The van der Waals surface area contributed by atoms with Crippen molar-refractivity contribution < 1.29 is 9.13 Å². The van der Waals surface area contributed by atoms with Crippen molar-refractivity contribution in [2.75, 3.05) is 12.4 Å². The Morgan fingerprint density at radius 2 is 1.80 bits per heavy atom. The quantitative estimate of drug-likeness (QED) is 0.926. The van der Waals surface area contributed by atoms with Crippen LogP contribution in [-0.2, 0) is 5.41 Å². The minimum atomic E-state index is -0.594. The Hall–Kier alpha value is -2.17. The third-order valence-electron chi connectivity index (χ3n) is 2.87. The third-order valence-corrected chi connectivity index (χ3v) is 2.87. The van der Waals surface area contributed by atoms with E-state index in [1.807, 2.05) is 12.1 Å². The second-order valence-corrected chi connectivity index (χ2v) is 5.47. The molecule has 20 heavy (non-hydrogen) atoms. The zero-order valence-corrected chi connectivity index (χ0v) is 12.1. The second-order valence-electron chi connectivity index (χ2n) is 5.47. The van der Waals surface area contributed by atoms with Crippen molar-refractivity contribution in [3.05, 3.63) is 41.8 Å². The normalized spacial score (nSPS) is 11.2. The molecule has 0 fully saturated rings. The van der Waals surface area contributed by atoms with Crippen molar-refractivity contribution in [1.29, 1.82) is 0 Å². The smallest absolute Gasteiger partial charge is 0.260 e. The predicted molar refractivity (Wildman–Crippen MR) is 76.8 cm³/mol. The Morgan fingerprint density at radius 3 is 2.35 bits per heavy atom. The fourth-order valence-electron chi connectivity index (χ4n) is 1.68. The summed E-state index contributed by atoms with van der Waals surface area (Å²) in [7, 11) is 1.66. The Morgan fingerprint density at radius 1 is 1.15 bits per heavy atom. The van der Waals surface area contributed by atoms with Gasteiger partial charge in [0, 0.05) is 7.05 Å². The highest BCUT2D eigenvalue weighted by atomic mass is 19.1. The van der Waals surface area contributed by atoms with Gasteiger partial charge in [0.15, 0.2) is 0 Å². The standard InChI is InChI=1S/C15H18FN3O/c1-15(2,3)10-5-7-11(8-6-10)20-13-12(16)9-18-14(17-4)19-13/h5-9H,1-4H3,(H,17,18,19). The summed E-state index contributed by atoms with van der Waals surface area (Å²) in [6, 6.07) is 7.54. The lowest BCUT2D eigenvalue weighted by Gasteiger charge is -2.19. The summed E-state index contributed by atoms with van der Waals surface area (Å²) >= 11 is 0. The van der Waals surface area contributed by atoms with E-state index in [1.165, 1.54) is 5.56 Å². The summed E-state index contributed by atoms with van der Waals surface area (Å²) in [6.45, 7) is 6.39. The minimum Gasteiger partial charge on any atom is -0.436 e. The monoisotopic (exact) mass is 275 g/mol. The van der Waals surface area contributed by atoms with Gasteiger partial charge in [-0.15, -0.1) is 0 Å². The molecule has 0 saturated carbocycles. The number of halogens is 1. The Balaban J connectivity index is 2.22. The first-order chi connectivity index (χ1) is 9.40. The molecule has 0 radical (unpaired) electrons. The summed E-state index contributed by atoms with van der Waals surface area (Å²) < 4.78 is 19.0. The third kappa shape index (κ3) is 3.23. The van der Waals surface area contributed by atoms with Gasteiger partial charge < -0.3 is 10.1 Å². The lowest BCUT2D eigenvalue weighted by Crippen LogP contribution is -2.10. The summed E-state index contributed by atoms with van der Waals surface area (Å²) in [5.74, 6) is 0.169. The average molecular weight is 275 g/mol. The Labute approximate surface area is 118 Å². The van der Waals surface area contributed by atoms with Crippen LogP contribution in [0.5, 0.6) is 11.6 Å². The molecule has 1 aromatic carbocycles. The summed E-state index contributed by atoms with van der Waals surface area (Å²) in [4.78, 5) is 7.71. The molecule has 1 heterocycles. The molecule has 106 valence electrons. The van der Waals surface area contributed by atoms with E-state index in [2.05, 4.69) is 36.1 Å². The van der Waals surface area contributed by atoms with Crippen LogP contribution in [-0.4, -0.2) is 17.0 Å². The lowest BCUT2D eigenvalue weighted by molar-refractivity contribution is 0.420. The van der Waals surface area contributed by atoms with Gasteiger partial charge in [0.25, 0.3) is 5.88 Å². The first-order valence-corrected chi connectivity index (χ1v) is 6.39. The highest BCUT2D eigenvalue weighted by Gasteiger charge is 2.14. The number of hydrogen-bond acceptors (Lipinski definition) is 4. The van der Waals surface area contributed by atoms with Crippen molar-refractivity contribution in [2.24, 2.45) is 0 Å². The van der Waals surface area contributed by atoms with Crippen LogP contribution in [0.1, 0.15) is 26.3 Å². The molecule has 0 unspecified atom stereocenters. The second kappa shape index (κ2) is 5.45. The van der Waals surface area contributed by atoms with Crippen molar-refractivity contribution in [2.45, 2.75) is 26.2 Å². The molecular formula is C15H18FN3O. The van der Waals surface area contributed by atoms with E-state index in [0.29, 0.717) is 11.7 Å². The number of ether oxygens (including phenoxy) is 1. The Kier molecular flexibility index (Phi) is 3.88. The van der Waals surface area contributed by atoms with Crippen LogP contribution >= 0.6 is 0 Å². The topological polar surface area (TPSA) is 47.0 Å². The predicted octanol–water partition coefficient (Wildman–Crippen LogP) is 3.75. The van der Waals surface area contributed by atoms with Crippen molar-refractivity contribution in [3.8, 4) is 11.6 Å². The minimum absolute atomic E-state index is 0.0675. The Bertz CT molecular complexity index is 591. The van der Waals surface area contributed by atoms with E-state index in [0.717, 1.165) is 6.20 Å². The number of nitrogens with zero attached hydrogens (tertiary/aromatic N) is 2. The largest absolute Gasteiger partial charge is 0.436 e. The summed E-state index contributed by atoms with van der Waals surface area (Å²) in [5.41, 5.74) is 1.25. The molecule has 0 saturated heterocycles. The van der Waals surface area contributed by atoms with E-state index in [4.69, 9.17) is 4.74 Å². The van der Waals surface area contributed by atoms with Gasteiger partial charge in [-0.1, -0.05) is 32.9 Å². The fraction of sp³-hybridized carbons (Fsp3) is 0.333. The first-order valence-electron chi connectivity index (χ1n) is 6.39. The molecule has 4 nitrogen and oxygen atoms in total. The van der Waals surface area contributed by atoms with Crippen LogP contribution in [0.4, 0.5) is 10.3 Å². The highest BCUT2D eigenvalue weighted by Crippen LogP contribution is 2.27. The van der Waals surface area contributed by atoms with Crippen LogP contribution in [0.2, 0.25) is 0 Å². The number of aromatic nitrogens is 2. The van der Waals surface area contributed by atoms with Gasteiger partial charge in [0.1, 0.15) is 5.75 Å². The van der Waals surface area contributed by atoms with Crippen LogP contribution in [0.3, 0.4) is 0 Å². The molecule has 0 spiro atoms. The average Bonchev–Trinajstić information content (AvgIpc) is 2.41. The van der Waals surface area contributed by atoms with Crippen LogP contribution in [0.25, 0.3) is 0 Å². The fourth-order valence-corrected chi connectivity index (χ4v) is 1.68. The number of anilines is 1. The van der Waals surface area contributed by atoms with Crippen molar-refractivity contribution >= 4 is 5.95 Å². The SMILES string of the molecule is CNc1ncc(F)c(Oc2ccc(C(C)(C)C)cc2)n1. The maximum atomic E-state index is 13.6. The molecule has 2 rings (SSSR count). The number of rotatable bonds is 3. The van der Waals surface area contributed by atoms with Crippen LogP contribution in [0.15, 0.2) is 30.5 Å². The highest BCUT2D eigenvalue weighted by molar-refractivity contribution is 5.35. The summed E-state index contributed by atoms with van der Waals surface area (Å²) in [6.07, 6.45) is 1.08. The number of benzene rings is 1. The molecule has 0 aliphatic rings. The van der Waals surface area contributed by atoms with E-state index in [9.17, 15) is 4.39 Å². The van der Waals surface area contributed by atoms with E-state index < -0.39 is 5.82 Å². The molecule has 2 aromatic rings. The van der Waals surface area contributed by atoms with Crippen molar-refractivity contribution in [3.63, 3.8) is 0 Å². The summed E-state index contributed by atoms with van der Waals surface area (Å²) in [5, 5.41) is 2.74. The van der Waals surface area contributed by atoms with Gasteiger partial charge in [0.2, 0.25) is 11.8 Å². The van der Waals surface area contributed by atoms with Gasteiger partial charge >= 0.3 is 0 Å². The van der Waals surface area contributed by atoms with Gasteiger partial charge in [-0.05, 0) is 23.1 Å². The molecular weight excluding hydrogens is 257 g/mol. The van der Waals surface area contributed by atoms with Crippen molar-refractivity contribution in [1.82, 2.24) is 9.97 Å². The number of hydrogen-bond donors (Lipinski definition) is 1. The maximum Gasteiger partial charge on any atom is 0.260 e. The molecule has 0 bridgehead atoms. The van der Waals surface area contributed by atoms with E-state index in [-0.39, 0.29) is 11.3 Å². The first kappa shape index (κ1) is 14.2. The zero-order valence-electron chi connectivity index (χ0n) is 12.1. The molecule has 1 N–H and O–H groups in total. The molecule has 0 atom stereocenters. The molecule has 0 aliphatic heterocycles. The van der Waals surface area contributed by atoms with Gasteiger partial charge in [-0.3, -0.25) is 0 Å². The van der Waals surface area contributed by atoms with Gasteiger partial charge in [0.05, 0.1) is 6.20 Å². The molecule has 0 amide bonds. The molecule has 0 aliphatic carbocycles. The van der Waals surface area contributed by atoms with E-state index in [1.54, 1.807) is 19.2 Å².